The average molecular weight is 474 g/mol. The highest BCUT2D eigenvalue weighted by atomic mass is 32.2. The molecule has 0 radical (unpaired) electrons. The molecule has 2 unspecified atom stereocenters. The predicted octanol–water partition coefficient (Wildman–Crippen LogP) is 5.56. The van der Waals surface area contributed by atoms with Gasteiger partial charge in [-0.15, -0.1) is 0 Å². The zero-order chi connectivity index (χ0) is 23.7. The van der Waals surface area contributed by atoms with Gasteiger partial charge in [0.25, 0.3) is 0 Å². The molecule has 1 heterocycles. The second kappa shape index (κ2) is 8.95. The third-order valence-electron chi connectivity index (χ3n) is 5.73. The van der Waals surface area contributed by atoms with Crippen LogP contribution in [0.2, 0.25) is 0 Å². The largest absolute Gasteiger partial charge is 0.480 e. The minimum atomic E-state index is -3.95. The number of primary sulfonamides is 1. The molecule has 34 heavy (non-hydrogen) atoms. The SMILES string of the molecule is COC(c1ccc2c(c1)C(c1ccc(Oc3ccccc3)cc1)Oc1ccccc1-2)S(N)(=O)=O. The summed E-state index contributed by atoms with van der Waals surface area (Å²) in [6.45, 7) is 0. The third kappa shape index (κ3) is 4.28. The van der Waals surface area contributed by atoms with Crippen molar-refractivity contribution >= 4 is 10.0 Å². The van der Waals surface area contributed by atoms with E-state index in [2.05, 4.69) is 0 Å². The van der Waals surface area contributed by atoms with Crippen LogP contribution in [0, 0.1) is 0 Å². The number of rotatable bonds is 6. The van der Waals surface area contributed by atoms with Crippen molar-refractivity contribution < 1.29 is 22.6 Å². The molecular formula is C27H23NO5S. The lowest BCUT2D eigenvalue weighted by Gasteiger charge is -2.30. The second-order valence-corrected chi connectivity index (χ2v) is 9.59. The molecule has 0 spiro atoms. The molecule has 0 amide bonds. The molecule has 2 atom stereocenters. The summed E-state index contributed by atoms with van der Waals surface area (Å²) in [7, 11) is -2.63. The molecule has 4 aromatic carbocycles. The summed E-state index contributed by atoms with van der Waals surface area (Å²) in [5, 5.41) is 5.40. The van der Waals surface area contributed by atoms with Gasteiger partial charge in [-0.05, 0) is 53.1 Å². The van der Waals surface area contributed by atoms with Crippen molar-refractivity contribution in [1.29, 1.82) is 0 Å². The van der Waals surface area contributed by atoms with Crippen LogP contribution in [0.1, 0.15) is 28.2 Å². The van der Waals surface area contributed by atoms with E-state index in [0.717, 1.165) is 33.8 Å². The van der Waals surface area contributed by atoms with E-state index in [1.165, 1.54) is 7.11 Å². The normalized spacial score (nSPS) is 15.5. The Morgan fingerprint density at radius 3 is 2.21 bits per heavy atom. The second-order valence-electron chi connectivity index (χ2n) is 7.98. The Morgan fingerprint density at radius 2 is 1.50 bits per heavy atom. The maximum Gasteiger partial charge on any atom is 0.240 e. The van der Waals surface area contributed by atoms with Gasteiger partial charge in [0.1, 0.15) is 23.4 Å². The van der Waals surface area contributed by atoms with Crippen molar-refractivity contribution in [3.63, 3.8) is 0 Å². The van der Waals surface area contributed by atoms with E-state index >= 15 is 0 Å². The topological polar surface area (TPSA) is 87.8 Å². The van der Waals surface area contributed by atoms with Gasteiger partial charge in [0.05, 0.1) is 0 Å². The fourth-order valence-corrected chi connectivity index (χ4v) is 5.01. The summed E-state index contributed by atoms with van der Waals surface area (Å²) in [6, 6.07) is 30.4. The van der Waals surface area contributed by atoms with Crippen molar-refractivity contribution in [3.05, 3.63) is 114 Å². The molecular weight excluding hydrogens is 450 g/mol. The summed E-state index contributed by atoms with van der Waals surface area (Å²) in [5.41, 5.74) is 2.81. The van der Waals surface area contributed by atoms with Crippen molar-refractivity contribution in [1.82, 2.24) is 0 Å². The van der Waals surface area contributed by atoms with Crippen LogP contribution in [-0.4, -0.2) is 15.5 Å². The number of fused-ring (bicyclic) bond motifs is 3. The van der Waals surface area contributed by atoms with Crippen LogP contribution in [0.15, 0.2) is 97.1 Å². The molecule has 0 saturated heterocycles. The number of para-hydroxylation sites is 2. The predicted molar refractivity (Wildman–Crippen MR) is 130 cm³/mol. The van der Waals surface area contributed by atoms with Gasteiger partial charge in [-0.3, -0.25) is 0 Å². The van der Waals surface area contributed by atoms with E-state index in [4.69, 9.17) is 19.3 Å². The van der Waals surface area contributed by atoms with E-state index in [9.17, 15) is 8.42 Å². The van der Waals surface area contributed by atoms with Gasteiger partial charge in [0, 0.05) is 18.2 Å². The molecule has 1 aliphatic rings. The van der Waals surface area contributed by atoms with E-state index in [1.54, 1.807) is 12.1 Å². The van der Waals surface area contributed by atoms with Gasteiger partial charge in [-0.1, -0.05) is 60.7 Å². The van der Waals surface area contributed by atoms with Gasteiger partial charge in [-0.25, -0.2) is 13.6 Å². The van der Waals surface area contributed by atoms with E-state index < -0.39 is 21.6 Å². The van der Waals surface area contributed by atoms with Gasteiger partial charge >= 0.3 is 0 Å². The molecule has 0 aromatic heterocycles. The highest BCUT2D eigenvalue weighted by molar-refractivity contribution is 7.89. The lowest BCUT2D eigenvalue weighted by atomic mass is 9.88. The molecule has 0 saturated carbocycles. The van der Waals surface area contributed by atoms with Gasteiger partial charge in [0.15, 0.2) is 5.44 Å². The van der Waals surface area contributed by atoms with Gasteiger partial charge in [0.2, 0.25) is 10.0 Å². The number of sulfonamides is 1. The van der Waals surface area contributed by atoms with Crippen LogP contribution in [0.5, 0.6) is 17.2 Å². The van der Waals surface area contributed by atoms with Crippen molar-refractivity contribution in [2.75, 3.05) is 7.11 Å². The fraction of sp³-hybridized carbons (Fsp3) is 0.111. The number of hydrogen-bond donors (Lipinski definition) is 1. The highest BCUT2D eigenvalue weighted by Gasteiger charge is 2.30. The van der Waals surface area contributed by atoms with E-state index in [0.29, 0.717) is 11.3 Å². The molecule has 0 fully saturated rings. The van der Waals surface area contributed by atoms with Crippen LogP contribution in [-0.2, 0) is 14.8 Å². The Bertz CT molecular complexity index is 1420. The van der Waals surface area contributed by atoms with Crippen LogP contribution < -0.4 is 14.6 Å². The molecule has 5 rings (SSSR count). The number of nitrogens with two attached hydrogens (primary N) is 1. The first kappa shape index (κ1) is 22.2. The van der Waals surface area contributed by atoms with Crippen LogP contribution in [0.3, 0.4) is 0 Å². The number of ether oxygens (including phenoxy) is 3. The molecule has 7 heteroatoms. The molecule has 0 aliphatic carbocycles. The first-order valence-electron chi connectivity index (χ1n) is 10.7. The minimum Gasteiger partial charge on any atom is -0.480 e. The Morgan fingerprint density at radius 1 is 0.824 bits per heavy atom. The summed E-state index contributed by atoms with van der Waals surface area (Å²) in [6.07, 6.45) is -0.450. The quantitative estimate of drug-likeness (QED) is 0.396. The fourth-order valence-electron chi connectivity index (χ4n) is 4.22. The molecule has 2 N–H and O–H groups in total. The number of benzene rings is 4. The number of hydrogen-bond acceptors (Lipinski definition) is 5. The van der Waals surface area contributed by atoms with Gasteiger partial charge < -0.3 is 14.2 Å². The maximum absolute atomic E-state index is 12.1. The Labute approximate surface area is 198 Å². The van der Waals surface area contributed by atoms with Crippen LogP contribution in [0.25, 0.3) is 11.1 Å². The smallest absolute Gasteiger partial charge is 0.240 e. The van der Waals surface area contributed by atoms with E-state index in [-0.39, 0.29) is 0 Å². The van der Waals surface area contributed by atoms with Gasteiger partial charge in [-0.2, -0.15) is 0 Å². The Balaban J connectivity index is 1.55. The first-order chi connectivity index (χ1) is 16.4. The molecule has 6 nitrogen and oxygen atoms in total. The molecule has 172 valence electrons. The molecule has 4 aromatic rings. The van der Waals surface area contributed by atoms with Crippen molar-refractivity contribution in [3.8, 4) is 28.4 Å². The molecule has 1 aliphatic heterocycles. The van der Waals surface area contributed by atoms with Crippen molar-refractivity contribution in [2.45, 2.75) is 11.5 Å². The standard InChI is InChI=1S/C27H23NO5S/c1-31-27(34(28,29)30)19-13-16-22-23-9-5-6-10-25(23)33-26(24(22)17-19)18-11-14-21(15-12-18)32-20-7-3-2-4-8-20/h2-17,26-27H,1H3,(H2,28,29,30). The van der Waals surface area contributed by atoms with Crippen LogP contribution >= 0.6 is 0 Å². The lowest BCUT2D eigenvalue weighted by molar-refractivity contribution is 0.165. The number of methoxy groups -OCH3 is 1. The zero-order valence-corrected chi connectivity index (χ0v) is 19.2. The highest BCUT2D eigenvalue weighted by Crippen LogP contribution is 2.46. The summed E-state index contributed by atoms with van der Waals surface area (Å²) in [4.78, 5) is 0. The summed E-state index contributed by atoms with van der Waals surface area (Å²) in [5.74, 6) is 2.21. The van der Waals surface area contributed by atoms with Crippen LogP contribution in [0.4, 0.5) is 0 Å². The lowest BCUT2D eigenvalue weighted by Crippen LogP contribution is -2.24. The third-order valence-corrected chi connectivity index (χ3v) is 6.79. The first-order valence-corrected chi connectivity index (χ1v) is 12.3. The summed E-state index contributed by atoms with van der Waals surface area (Å²) >= 11 is 0. The summed E-state index contributed by atoms with van der Waals surface area (Å²) < 4.78 is 41.7. The molecule has 0 bridgehead atoms. The monoisotopic (exact) mass is 473 g/mol. The van der Waals surface area contributed by atoms with E-state index in [1.807, 2.05) is 84.9 Å². The average Bonchev–Trinajstić information content (AvgIpc) is 2.84. The zero-order valence-electron chi connectivity index (χ0n) is 18.4. The Kier molecular flexibility index (Phi) is 5.83. The van der Waals surface area contributed by atoms with Crippen molar-refractivity contribution in [2.24, 2.45) is 5.14 Å². The maximum atomic E-state index is 12.1. The minimum absolute atomic E-state index is 0.445. The Hall–Kier alpha value is -3.65.